The first-order valence-corrected chi connectivity index (χ1v) is 10.8. The van der Waals surface area contributed by atoms with Crippen LogP contribution < -0.4 is 0 Å². The molecule has 0 aliphatic rings. The highest BCUT2D eigenvalue weighted by atomic mass is 35.5. The Bertz CT molecular complexity index is 1020. The molecule has 0 heterocycles. The first-order chi connectivity index (χ1) is 14.3. The topological polar surface area (TPSA) is 94.8 Å². The molecule has 0 bridgehead atoms. The Morgan fingerprint density at radius 1 is 0.800 bits per heavy atom. The van der Waals surface area contributed by atoms with Crippen molar-refractivity contribution in [2.75, 3.05) is 0 Å². The molecule has 1 unspecified atom stereocenters. The summed E-state index contributed by atoms with van der Waals surface area (Å²) in [7, 11) is -1.47. The molecule has 0 radical (unpaired) electrons. The molecule has 160 valence electrons. The van der Waals surface area contributed by atoms with E-state index in [-0.39, 0.29) is 5.56 Å². The number of benzene rings is 3. The van der Waals surface area contributed by atoms with Crippen LogP contribution in [0.5, 0.6) is 17.2 Å². The van der Waals surface area contributed by atoms with Gasteiger partial charge in [-0.25, -0.2) is 4.21 Å². The molecule has 0 fully saturated rings. The first-order valence-electron chi connectivity index (χ1n) is 8.91. The largest absolute Gasteiger partial charge is 0.504 e. The third-order valence-electron chi connectivity index (χ3n) is 3.60. The Balaban J connectivity index is 0.000000826. The molecule has 8 heteroatoms. The van der Waals surface area contributed by atoms with Crippen molar-refractivity contribution in [3.63, 3.8) is 0 Å². The molecule has 0 saturated heterocycles. The minimum atomic E-state index is -1.47. The van der Waals surface area contributed by atoms with Gasteiger partial charge in [-0.05, 0) is 61.5 Å². The molecule has 0 aromatic heterocycles. The van der Waals surface area contributed by atoms with E-state index in [1.54, 1.807) is 42.5 Å². The summed E-state index contributed by atoms with van der Waals surface area (Å²) < 4.78 is 12.7. The number of carbonyl (C=O) groups is 1. The fourth-order valence-corrected chi connectivity index (χ4v) is 3.72. The van der Waals surface area contributed by atoms with E-state index in [0.29, 0.717) is 25.4 Å². The lowest BCUT2D eigenvalue weighted by atomic mass is 10.0. The van der Waals surface area contributed by atoms with Crippen molar-refractivity contribution < 1.29 is 24.3 Å². The van der Waals surface area contributed by atoms with Crippen LogP contribution in [0.3, 0.4) is 0 Å². The zero-order valence-corrected chi connectivity index (χ0v) is 18.9. The number of carbonyl (C=O) groups excluding carboxylic acids is 1. The second-order valence-corrected chi connectivity index (χ2v) is 7.75. The van der Waals surface area contributed by atoms with Gasteiger partial charge in [0.15, 0.2) is 11.5 Å². The van der Waals surface area contributed by atoms with Gasteiger partial charge < -0.3 is 20.1 Å². The summed E-state index contributed by atoms with van der Waals surface area (Å²) >= 11 is 12.0. The smallest absolute Gasteiger partial charge is 0.200 e. The molecule has 0 spiro atoms. The van der Waals surface area contributed by atoms with Gasteiger partial charge in [0.2, 0.25) is 5.75 Å². The number of hydrogen-bond donors (Lipinski definition) is 3. The summed E-state index contributed by atoms with van der Waals surface area (Å²) in [6.07, 6.45) is 0.750. The summed E-state index contributed by atoms with van der Waals surface area (Å²) in [4.78, 5) is 9.84. The Kier molecular flexibility index (Phi) is 10.4. The number of aromatic hydroxyl groups is 3. The first kappa shape index (κ1) is 25.5. The van der Waals surface area contributed by atoms with E-state index in [0.717, 1.165) is 6.29 Å². The van der Waals surface area contributed by atoms with Crippen molar-refractivity contribution in [3.8, 4) is 28.4 Å². The Labute approximate surface area is 188 Å². The average Bonchev–Trinajstić information content (AvgIpc) is 2.75. The van der Waals surface area contributed by atoms with Crippen LogP contribution in [-0.2, 0) is 15.6 Å². The van der Waals surface area contributed by atoms with Gasteiger partial charge in [0, 0.05) is 31.0 Å². The third kappa shape index (κ3) is 6.23. The Hall–Kier alpha value is -2.54. The van der Waals surface area contributed by atoms with Crippen molar-refractivity contribution in [1.82, 2.24) is 0 Å². The SMILES string of the molecule is CC.CC=O.O=S(c1ccc(Cl)cc1)c1ccc(Cl)c(-c2ccc(O)c(O)c2O)c1. The second kappa shape index (κ2) is 12.2. The zero-order valence-electron chi connectivity index (χ0n) is 16.6. The maximum Gasteiger partial charge on any atom is 0.200 e. The fraction of sp³-hybridized carbons (Fsp3) is 0.136. The van der Waals surface area contributed by atoms with Gasteiger partial charge in [0.25, 0.3) is 0 Å². The molecular weight excluding hydrogens is 447 g/mol. The Morgan fingerprint density at radius 2 is 1.33 bits per heavy atom. The molecule has 3 N–H and O–H groups in total. The maximum atomic E-state index is 12.7. The molecule has 5 nitrogen and oxygen atoms in total. The highest BCUT2D eigenvalue weighted by Crippen LogP contribution is 2.44. The van der Waals surface area contributed by atoms with E-state index >= 15 is 0 Å². The predicted octanol–water partition coefficient (Wildman–Crippen LogP) is 6.18. The number of phenolic OH excluding ortho intramolecular Hbond substituents is 3. The van der Waals surface area contributed by atoms with Gasteiger partial charge in [-0.15, -0.1) is 0 Å². The van der Waals surface area contributed by atoms with Crippen LogP contribution in [0.1, 0.15) is 20.8 Å². The number of hydrogen-bond acceptors (Lipinski definition) is 5. The average molecular weight is 469 g/mol. The molecule has 0 saturated carbocycles. The van der Waals surface area contributed by atoms with Crippen molar-refractivity contribution >= 4 is 40.3 Å². The van der Waals surface area contributed by atoms with Gasteiger partial charge in [0.1, 0.15) is 6.29 Å². The summed E-state index contributed by atoms with van der Waals surface area (Å²) in [6, 6.07) is 14.0. The second-order valence-electron chi connectivity index (χ2n) is 5.43. The van der Waals surface area contributed by atoms with Crippen LogP contribution in [0.4, 0.5) is 0 Å². The van der Waals surface area contributed by atoms with E-state index in [2.05, 4.69) is 0 Å². The number of phenols is 3. The van der Waals surface area contributed by atoms with Gasteiger partial charge >= 0.3 is 0 Å². The van der Waals surface area contributed by atoms with E-state index in [1.807, 2.05) is 13.8 Å². The highest BCUT2D eigenvalue weighted by Gasteiger charge is 2.17. The molecule has 0 aliphatic heterocycles. The number of rotatable bonds is 3. The normalized spacial score (nSPS) is 10.7. The summed E-state index contributed by atoms with van der Waals surface area (Å²) in [5, 5.41) is 30.1. The zero-order chi connectivity index (χ0) is 22.8. The van der Waals surface area contributed by atoms with Crippen LogP contribution in [0.15, 0.2) is 64.4 Å². The van der Waals surface area contributed by atoms with Gasteiger partial charge in [0.05, 0.1) is 10.8 Å². The highest BCUT2D eigenvalue weighted by molar-refractivity contribution is 7.85. The van der Waals surface area contributed by atoms with Crippen LogP contribution in [0, 0.1) is 0 Å². The third-order valence-corrected chi connectivity index (χ3v) is 5.56. The minimum Gasteiger partial charge on any atom is -0.504 e. The summed E-state index contributed by atoms with van der Waals surface area (Å²) in [5.74, 6) is -1.59. The molecule has 0 amide bonds. The molecule has 3 aromatic carbocycles. The lowest BCUT2D eigenvalue weighted by molar-refractivity contribution is -0.106. The van der Waals surface area contributed by atoms with Crippen LogP contribution in [0.25, 0.3) is 11.1 Å². The lowest BCUT2D eigenvalue weighted by Crippen LogP contribution is -1.94. The monoisotopic (exact) mass is 468 g/mol. The van der Waals surface area contributed by atoms with E-state index in [1.165, 1.54) is 19.1 Å². The molecule has 30 heavy (non-hydrogen) atoms. The molecule has 3 aromatic rings. The van der Waals surface area contributed by atoms with Gasteiger partial charge in [-0.1, -0.05) is 37.0 Å². The van der Waals surface area contributed by atoms with Crippen LogP contribution >= 0.6 is 23.2 Å². The standard InChI is InChI=1S/C18H12Cl2O4S.C2H4O.C2H6/c19-10-1-3-11(4-2-10)25(24)12-5-7-15(20)14(9-12)13-6-8-16(21)18(23)17(13)22;1-2-3;1-2/h1-9,21-23H;2H,1H3;1-2H3. The number of aldehydes is 1. The molecular formula is C22H22Cl2O5S. The van der Waals surface area contributed by atoms with Crippen LogP contribution in [-0.4, -0.2) is 25.8 Å². The summed E-state index contributed by atoms with van der Waals surface area (Å²) in [5.41, 5.74) is 0.601. The van der Waals surface area contributed by atoms with Crippen molar-refractivity contribution in [2.45, 2.75) is 30.6 Å². The maximum absolute atomic E-state index is 12.7. The Morgan fingerprint density at radius 3 is 1.90 bits per heavy atom. The van der Waals surface area contributed by atoms with Crippen molar-refractivity contribution in [1.29, 1.82) is 0 Å². The minimum absolute atomic E-state index is 0.218. The van der Waals surface area contributed by atoms with E-state index < -0.39 is 28.0 Å². The predicted molar refractivity (Wildman–Crippen MR) is 121 cm³/mol. The quantitative estimate of drug-likeness (QED) is 0.315. The van der Waals surface area contributed by atoms with Crippen molar-refractivity contribution in [3.05, 3.63) is 64.6 Å². The number of halogens is 2. The van der Waals surface area contributed by atoms with Crippen LogP contribution in [0.2, 0.25) is 10.0 Å². The summed E-state index contributed by atoms with van der Waals surface area (Å²) in [6.45, 7) is 5.44. The van der Waals surface area contributed by atoms with E-state index in [9.17, 15) is 19.5 Å². The van der Waals surface area contributed by atoms with Gasteiger partial charge in [-0.3, -0.25) is 0 Å². The lowest BCUT2D eigenvalue weighted by Gasteiger charge is -2.11. The molecule has 1 atom stereocenters. The molecule has 0 aliphatic carbocycles. The van der Waals surface area contributed by atoms with E-state index in [4.69, 9.17) is 28.0 Å². The fourth-order valence-electron chi connectivity index (χ4n) is 2.31. The molecule has 3 rings (SSSR count). The van der Waals surface area contributed by atoms with Crippen molar-refractivity contribution in [2.24, 2.45) is 0 Å². The van der Waals surface area contributed by atoms with Gasteiger partial charge in [-0.2, -0.15) is 0 Å².